The van der Waals surface area contributed by atoms with Crippen molar-refractivity contribution in [1.29, 1.82) is 0 Å². The molecule has 0 spiro atoms. The van der Waals surface area contributed by atoms with E-state index < -0.39 is 0 Å². The molecule has 1 aliphatic heterocycles. The molecule has 0 amide bonds. The van der Waals surface area contributed by atoms with E-state index in [0.29, 0.717) is 0 Å². The van der Waals surface area contributed by atoms with Gasteiger partial charge in [0, 0.05) is 11.4 Å². The van der Waals surface area contributed by atoms with Gasteiger partial charge in [-0.1, -0.05) is 54.6 Å². The molecule has 3 rings (SSSR count). The molecule has 1 atom stereocenters. The standard InChI is InChI=1S/C17H15N/c1-2-15-13-12-14-8-6-7-11-17(14)18(15)16-9-4-3-5-10-16/h2-13,15H,1H2. The van der Waals surface area contributed by atoms with Crippen molar-refractivity contribution < 1.29 is 0 Å². The van der Waals surface area contributed by atoms with Gasteiger partial charge in [0.25, 0.3) is 0 Å². The average molecular weight is 233 g/mol. The molecule has 0 saturated heterocycles. The summed E-state index contributed by atoms with van der Waals surface area (Å²) in [4.78, 5) is 2.31. The number of nitrogens with zero attached hydrogens (tertiary/aromatic N) is 1. The molecule has 18 heavy (non-hydrogen) atoms. The smallest absolute Gasteiger partial charge is 0.0707 e. The first-order valence-corrected chi connectivity index (χ1v) is 6.14. The second-order valence-corrected chi connectivity index (χ2v) is 4.35. The van der Waals surface area contributed by atoms with Crippen molar-refractivity contribution in [2.24, 2.45) is 0 Å². The zero-order valence-electron chi connectivity index (χ0n) is 10.2. The number of hydrogen-bond acceptors (Lipinski definition) is 1. The Bertz CT molecular complexity index is 584. The Morgan fingerprint density at radius 1 is 0.944 bits per heavy atom. The summed E-state index contributed by atoms with van der Waals surface area (Å²) in [5.41, 5.74) is 3.68. The van der Waals surface area contributed by atoms with E-state index in [2.05, 4.69) is 72.2 Å². The van der Waals surface area contributed by atoms with E-state index in [-0.39, 0.29) is 6.04 Å². The molecule has 2 aromatic rings. The van der Waals surface area contributed by atoms with Gasteiger partial charge in [-0.25, -0.2) is 0 Å². The van der Waals surface area contributed by atoms with Crippen LogP contribution in [0.3, 0.4) is 0 Å². The highest BCUT2D eigenvalue weighted by Gasteiger charge is 2.20. The van der Waals surface area contributed by atoms with Crippen molar-refractivity contribution >= 4 is 17.5 Å². The fraction of sp³-hybridized carbons (Fsp3) is 0.0588. The van der Waals surface area contributed by atoms with Crippen LogP contribution in [-0.2, 0) is 0 Å². The Morgan fingerprint density at radius 3 is 2.44 bits per heavy atom. The lowest BCUT2D eigenvalue weighted by atomic mass is 10.0. The predicted molar refractivity (Wildman–Crippen MR) is 78.0 cm³/mol. The van der Waals surface area contributed by atoms with Gasteiger partial charge in [-0.05, 0) is 23.8 Å². The van der Waals surface area contributed by atoms with E-state index in [0.717, 1.165) is 0 Å². The van der Waals surface area contributed by atoms with Gasteiger partial charge in [0.05, 0.1) is 6.04 Å². The summed E-state index contributed by atoms with van der Waals surface area (Å²) in [6.45, 7) is 3.94. The molecule has 1 heteroatoms. The molecular weight excluding hydrogens is 218 g/mol. The van der Waals surface area contributed by atoms with Crippen LogP contribution >= 0.6 is 0 Å². The fourth-order valence-corrected chi connectivity index (χ4v) is 2.38. The quantitative estimate of drug-likeness (QED) is 0.695. The lowest BCUT2D eigenvalue weighted by molar-refractivity contribution is 0.937. The van der Waals surface area contributed by atoms with Gasteiger partial charge in [0.2, 0.25) is 0 Å². The highest BCUT2D eigenvalue weighted by atomic mass is 15.2. The van der Waals surface area contributed by atoms with E-state index in [1.54, 1.807) is 0 Å². The third kappa shape index (κ3) is 1.74. The SMILES string of the molecule is C=CC1C=Cc2ccccc2N1c1ccccc1. The summed E-state index contributed by atoms with van der Waals surface area (Å²) < 4.78 is 0. The summed E-state index contributed by atoms with van der Waals surface area (Å²) in [7, 11) is 0. The Hall–Kier alpha value is -2.28. The van der Waals surface area contributed by atoms with Crippen molar-refractivity contribution in [1.82, 2.24) is 0 Å². The summed E-state index contributed by atoms with van der Waals surface area (Å²) in [6.07, 6.45) is 6.32. The number of rotatable bonds is 2. The van der Waals surface area contributed by atoms with Crippen molar-refractivity contribution in [3.63, 3.8) is 0 Å². The van der Waals surface area contributed by atoms with E-state index in [1.165, 1.54) is 16.9 Å². The van der Waals surface area contributed by atoms with E-state index in [9.17, 15) is 0 Å². The summed E-state index contributed by atoms with van der Waals surface area (Å²) >= 11 is 0. The van der Waals surface area contributed by atoms with Gasteiger partial charge < -0.3 is 4.90 Å². The van der Waals surface area contributed by atoms with Crippen molar-refractivity contribution in [3.8, 4) is 0 Å². The topological polar surface area (TPSA) is 3.24 Å². The lowest BCUT2D eigenvalue weighted by Gasteiger charge is -2.34. The first-order chi connectivity index (χ1) is 8.90. The van der Waals surface area contributed by atoms with Crippen LogP contribution in [0.2, 0.25) is 0 Å². The normalized spacial score (nSPS) is 17.3. The fourth-order valence-electron chi connectivity index (χ4n) is 2.38. The largest absolute Gasteiger partial charge is 0.330 e. The molecule has 0 aliphatic carbocycles. The summed E-state index contributed by atoms with van der Waals surface area (Å²) in [5.74, 6) is 0. The Kier molecular flexibility index (Phi) is 2.73. The molecule has 0 saturated carbocycles. The summed E-state index contributed by atoms with van der Waals surface area (Å²) in [6, 6.07) is 19.1. The Morgan fingerprint density at radius 2 is 1.67 bits per heavy atom. The van der Waals surface area contributed by atoms with Crippen molar-refractivity contribution in [2.45, 2.75) is 6.04 Å². The van der Waals surface area contributed by atoms with Gasteiger partial charge in [-0.15, -0.1) is 6.58 Å². The number of para-hydroxylation sites is 2. The maximum Gasteiger partial charge on any atom is 0.0707 e. The minimum atomic E-state index is 0.210. The molecule has 1 aliphatic rings. The molecule has 88 valence electrons. The van der Waals surface area contributed by atoms with Gasteiger partial charge in [-0.3, -0.25) is 0 Å². The van der Waals surface area contributed by atoms with E-state index in [1.807, 2.05) is 12.1 Å². The third-order valence-corrected chi connectivity index (χ3v) is 3.24. The zero-order valence-corrected chi connectivity index (χ0v) is 10.2. The van der Waals surface area contributed by atoms with Crippen LogP contribution in [-0.4, -0.2) is 6.04 Å². The molecule has 1 heterocycles. The van der Waals surface area contributed by atoms with Crippen LogP contribution in [0.4, 0.5) is 11.4 Å². The van der Waals surface area contributed by atoms with Gasteiger partial charge in [-0.2, -0.15) is 0 Å². The highest BCUT2D eigenvalue weighted by Crippen LogP contribution is 2.35. The minimum absolute atomic E-state index is 0.210. The van der Waals surface area contributed by atoms with Gasteiger partial charge in [0.15, 0.2) is 0 Å². The average Bonchev–Trinajstić information content (AvgIpc) is 2.47. The second-order valence-electron chi connectivity index (χ2n) is 4.35. The van der Waals surface area contributed by atoms with Gasteiger partial charge >= 0.3 is 0 Å². The molecule has 2 aromatic carbocycles. The number of anilines is 2. The monoisotopic (exact) mass is 233 g/mol. The molecule has 1 nitrogen and oxygen atoms in total. The number of hydrogen-bond donors (Lipinski definition) is 0. The first kappa shape index (κ1) is 10.8. The predicted octanol–water partition coefficient (Wildman–Crippen LogP) is 4.41. The molecule has 0 N–H and O–H groups in total. The molecule has 0 fully saturated rings. The summed E-state index contributed by atoms with van der Waals surface area (Å²) in [5, 5.41) is 0. The Balaban J connectivity index is 2.15. The molecule has 0 aromatic heterocycles. The maximum absolute atomic E-state index is 3.94. The van der Waals surface area contributed by atoms with Crippen LogP contribution in [0, 0.1) is 0 Å². The molecular formula is C17H15N. The van der Waals surface area contributed by atoms with Crippen molar-refractivity contribution in [3.05, 3.63) is 78.9 Å². The highest BCUT2D eigenvalue weighted by molar-refractivity contribution is 5.79. The maximum atomic E-state index is 3.94. The lowest BCUT2D eigenvalue weighted by Crippen LogP contribution is -2.29. The molecule has 0 bridgehead atoms. The van der Waals surface area contributed by atoms with E-state index >= 15 is 0 Å². The molecule has 1 unspecified atom stereocenters. The van der Waals surface area contributed by atoms with Crippen LogP contribution in [0.1, 0.15) is 5.56 Å². The Labute approximate surface area is 108 Å². The number of fused-ring (bicyclic) bond motifs is 1. The second kappa shape index (κ2) is 4.53. The molecule has 0 radical (unpaired) electrons. The van der Waals surface area contributed by atoms with Crippen LogP contribution in [0.5, 0.6) is 0 Å². The zero-order chi connectivity index (χ0) is 12.4. The van der Waals surface area contributed by atoms with E-state index in [4.69, 9.17) is 0 Å². The van der Waals surface area contributed by atoms with Crippen LogP contribution in [0.25, 0.3) is 6.08 Å². The third-order valence-electron chi connectivity index (χ3n) is 3.24. The van der Waals surface area contributed by atoms with Crippen LogP contribution in [0.15, 0.2) is 73.3 Å². The van der Waals surface area contributed by atoms with Crippen LogP contribution < -0.4 is 4.90 Å². The van der Waals surface area contributed by atoms with Crippen molar-refractivity contribution in [2.75, 3.05) is 4.90 Å². The first-order valence-electron chi connectivity index (χ1n) is 6.14. The minimum Gasteiger partial charge on any atom is -0.330 e. The number of benzene rings is 2. The van der Waals surface area contributed by atoms with Gasteiger partial charge in [0.1, 0.15) is 0 Å².